The Morgan fingerprint density at radius 1 is 1.26 bits per heavy atom. The van der Waals surface area contributed by atoms with Gasteiger partial charge < -0.3 is 14.6 Å². The van der Waals surface area contributed by atoms with Crippen molar-refractivity contribution in [3.63, 3.8) is 0 Å². The average molecular weight is 364 g/mol. The maximum Gasteiger partial charge on any atom is 0.225 e. The minimum atomic E-state index is -0.321. The molecule has 1 atom stereocenters. The van der Waals surface area contributed by atoms with Crippen LogP contribution in [0.3, 0.4) is 0 Å². The summed E-state index contributed by atoms with van der Waals surface area (Å²) in [5.74, 6) is 0.168. The first-order valence-corrected chi connectivity index (χ1v) is 8.98. The van der Waals surface area contributed by atoms with E-state index in [4.69, 9.17) is 4.42 Å². The van der Waals surface area contributed by atoms with Gasteiger partial charge >= 0.3 is 0 Å². The third kappa shape index (κ3) is 3.97. The molecule has 1 fully saturated rings. The molecule has 1 aliphatic heterocycles. The van der Waals surface area contributed by atoms with Crippen molar-refractivity contribution in [1.29, 1.82) is 0 Å². The number of fused-ring (bicyclic) bond motifs is 1. The lowest BCUT2D eigenvalue weighted by Gasteiger charge is -2.16. The van der Waals surface area contributed by atoms with Crippen molar-refractivity contribution in [3.8, 4) is 0 Å². The molecule has 7 heteroatoms. The lowest BCUT2D eigenvalue weighted by Crippen LogP contribution is -2.34. The van der Waals surface area contributed by atoms with Crippen LogP contribution >= 0.6 is 0 Å². The molecule has 1 saturated heterocycles. The Balaban J connectivity index is 1.27. The van der Waals surface area contributed by atoms with Gasteiger partial charge in [0.2, 0.25) is 11.8 Å². The Morgan fingerprint density at radius 2 is 2.15 bits per heavy atom. The Morgan fingerprint density at radius 3 is 2.96 bits per heavy atom. The van der Waals surface area contributed by atoms with E-state index in [0.29, 0.717) is 31.9 Å². The molecule has 0 spiro atoms. The van der Waals surface area contributed by atoms with Gasteiger partial charge in [-0.2, -0.15) is 0 Å². The standard InChI is InChI=1S/C20H20N4O3/c25-19-10-15(13-24(19)12-14-4-3-8-21-11-14)20(26)22-9-7-18-23-16-5-1-2-6-17(16)27-18/h1-6,8,11,15H,7,9-10,12-13H2,(H,22,26). The van der Waals surface area contributed by atoms with Gasteiger partial charge in [-0.25, -0.2) is 4.98 Å². The van der Waals surface area contributed by atoms with Crippen molar-refractivity contribution in [1.82, 2.24) is 20.2 Å². The second-order valence-corrected chi connectivity index (χ2v) is 6.65. The van der Waals surface area contributed by atoms with E-state index in [1.54, 1.807) is 17.3 Å². The van der Waals surface area contributed by atoms with Crippen LogP contribution in [0.2, 0.25) is 0 Å². The van der Waals surface area contributed by atoms with Gasteiger partial charge in [0.15, 0.2) is 11.5 Å². The molecule has 4 rings (SSSR count). The zero-order valence-corrected chi connectivity index (χ0v) is 14.8. The van der Waals surface area contributed by atoms with Crippen LogP contribution in [0.15, 0.2) is 53.2 Å². The number of para-hydroxylation sites is 2. The van der Waals surface area contributed by atoms with Crippen molar-refractivity contribution < 1.29 is 14.0 Å². The number of carbonyl (C=O) groups is 2. The summed E-state index contributed by atoms with van der Waals surface area (Å²) in [6, 6.07) is 11.3. The molecule has 7 nitrogen and oxygen atoms in total. The van der Waals surface area contributed by atoms with Crippen LogP contribution in [-0.4, -0.2) is 39.8 Å². The number of aromatic nitrogens is 2. The van der Waals surface area contributed by atoms with Crippen LogP contribution in [0.5, 0.6) is 0 Å². The third-order valence-electron chi connectivity index (χ3n) is 4.66. The van der Waals surface area contributed by atoms with Gasteiger partial charge in [0.25, 0.3) is 0 Å². The van der Waals surface area contributed by atoms with E-state index < -0.39 is 0 Å². The molecule has 0 saturated carbocycles. The lowest BCUT2D eigenvalue weighted by atomic mass is 10.1. The number of rotatable bonds is 6. The highest BCUT2D eigenvalue weighted by atomic mass is 16.3. The van der Waals surface area contributed by atoms with Gasteiger partial charge in [-0.1, -0.05) is 18.2 Å². The summed E-state index contributed by atoms with van der Waals surface area (Å²) in [5, 5.41) is 2.89. The molecule has 0 aliphatic carbocycles. The molecule has 0 bridgehead atoms. The first kappa shape index (κ1) is 17.2. The fraction of sp³-hybridized carbons (Fsp3) is 0.300. The average Bonchev–Trinajstić information content (AvgIpc) is 3.26. The van der Waals surface area contributed by atoms with E-state index in [1.165, 1.54) is 0 Å². The lowest BCUT2D eigenvalue weighted by molar-refractivity contribution is -0.129. The second kappa shape index (κ2) is 7.57. The maximum absolute atomic E-state index is 12.4. The van der Waals surface area contributed by atoms with Crippen molar-refractivity contribution >= 4 is 22.9 Å². The Bertz CT molecular complexity index is 921. The number of carbonyl (C=O) groups excluding carboxylic acids is 2. The van der Waals surface area contributed by atoms with E-state index >= 15 is 0 Å². The smallest absolute Gasteiger partial charge is 0.225 e. The summed E-state index contributed by atoms with van der Waals surface area (Å²) in [5.41, 5.74) is 2.51. The number of pyridine rings is 1. The molecule has 3 aromatic rings. The summed E-state index contributed by atoms with van der Waals surface area (Å²) in [7, 11) is 0. The molecule has 3 heterocycles. The van der Waals surface area contributed by atoms with Gasteiger partial charge in [0.1, 0.15) is 5.52 Å². The summed E-state index contributed by atoms with van der Waals surface area (Å²) in [6.07, 6.45) is 4.19. The quantitative estimate of drug-likeness (QED) is 0.722. The highest BCUT2D eigenvalue weighted by Gasteiger charge is 2.34. The molecule has 1 aliphatic rings. The monoisotopic (exact) mass is 364 g/mol. The Hall–Kier alpha value is -3.22. The molecular formula is C20H20N4O3. The normalized spacial score (nSPS) is 16.8. The molecule has 2 aromatic heterocycles. The zero-order valence-electron chi connectivity index (χ0n) is 14.8. The first-order chi connectivity index (χ1) is 13.2. The Labute approximate surface area is 156 Å². The number of hydrogen-bond acceptors (Lipinski definition) is 5. The van der Waals surface area contributed by atoms with E-state index in [2.05, 4.69) is 15.3 Å². The second-order valence-electron chi connectivity index (χ2n) is 6.65. The van der Waals surface area contributed by atoms with E-state index in [0.717, 1.165) is 16.7 Å². The van der Waals surface area contributed by atoms with Crippen LogP contribution in [0.4, 0.5) is 0 Å². The van der Waals surface area contributed by atoms with Crippen molar-refractivity contribution in [2.24, 2.45) is 5.92 Å². The number of nitrogens with one attached hydrogen (secondary N) is 1. The molecule has 27 heavy (non-hydrogen) atoms. The molecule has 1 aromatic carbocycles. The molecular weight excluding hydrogens is 344 g/mol. The largest absolute Gasteiger partial charge is 0.441 e. The highest BCUT2D eigenvalue weighted by Crippen LogP contribution is 2.20. The minimum Gasteiger partial charge on any atom is -0.441 e. The molecule has 138 valence electrons. The predicted molar refractivity (Wildman–Crippen MR) is 98.5 cm³/mol. The molecule has 1 N–H and O–H groups in total. The zero-order chi connectivity index (χ0) is 18.6. The minimum absolute atomic E-state index is 0.00189. The number of likely N-dealkylation sites (tertiary alicyclic amines) is 1. The molecule has 0 radical (unpaired) electrons. The van der Waals surface area contributed by atoms with Gasteiger partial charge in [-0.3, -0.25) is 14.6 Å². The predicted octanol–water partition coefficient (Wildman–Crippen LogP) is 1.93. The SMILES string of the molecule is O=C(NCCc1nc2ccccc2o1)C1CC(=O)N(Cc2cccnc2)C1. The summed E-state index contributed by atoms with van der Waals surface area (Å²) in [4.78, 5) is 34.7. The number of benzene rings is 1. The van der Waals surface area contributed by atoms with Gasteiger partial charge in [-0.15, -0.1) is 0 Å². The molecule has 2 amide bonds. The van der Waals surface area contributed by atoms with Crippen LogP contribution in [0.25, 0.3) is 11.1 Å². The number of oxazole rings is 1. The summed E-state index contributed by atoms with van der Waals surface area (Å²) < 4.78 is 5.65. The van der Waals surface area contributed by atoms with Crippen LogP contribution in [0.1, 0.15) is 17.9 Å². The topological polar surface area (TPSA) is 88.3 Å². The van der Waals surface area contributed by atoms with E-state index in [9.17, 15) is 9.59 Å². The fourth-order valence-corrected chi connectivity index (χ4v) is 3.28. The number of nitrogens with zero attached hydrogens (tertiary/aromatic N) is 3. The maximum atomic E-state index is 12.4. The highest BCUT2D eigenvalue weighted by molar-refractivity contribution is 5.89. The van der Waals surface area contributed by atoms with Crippen LogP contribution in [-0.2, 0) is 22.6 Å². The van der Waals surface area contributed by atoms with E-state index in [1.807, 2.05) is 36.4 Å². The fourth-order valence-electron chi connectivity index (χ4n) is 3.28. The van der Waals surface area contributed by atoms with Crippen LogP contribution < -0.4 is 5.32 Å². The van der Waals surface area contributed by atoms with Gasteiger partial charge in [0.05, 0.1) is 5.92 Å². The first-order valence-electron chi connectivity index (χ1n) is 8.98. The third-order valence-corrected chi connectivity index (χ3v) is 4.66. The van der Waals surface area contributed by atoms with Crippen LogP contribution in [0, 0.1) is 5.92 Å². The Kier molecular flexibility index (Phi) is 4.82. The molecule has 1 unspecified atom stereocenters. The van der Waals surface area contributed by atoms with Crippen molar-refractivity contribution in [2.75, 3.05) is 13.1 Å². The van der Waals surface area contributed by atoms with Gasteiger partial charge in [-0.05, 0) is 23.8 Å². The number of hydrogen-bond donors (Lipinski definition) is 1. The number of amides is 2. The van der Waals surface area contributed by atoms with Crippen molar-refractivity contribution in [3.05, 3.63) is 60.2 Å². The van der Waals surface area contributed by atoms with Gasteiger partial charge in [0, 0.05) is 44.9 Å². The summed E-state index contributed by atoms with van der Waals surface area (Å²) >= 11 is 0. The van der Waals surface area contributed by atoms with Crippen molar-refractivity contribution in [2.45, 2.75) is 19.4 Å². The van der Waals surface area contributed by atoms with E-state index in [-0.39, 0.29) is 24.2 Å². The summed E-state index contributed by atoms with van der Waals surface area (Å²) in [6.45, 7) is 1.35.